The maximum absolute atomic E-state index is 13.2. The minimum atomic E-state index is -0.957. The molecule has 0 saturated carbocycles. The lowest BCUT2D eigenvalue weighted by Gasteiger charge is -2.19. The largest absolute Gasteiger partial charge is 0.467 e. The van der Waals surface area contributed by atoms with Crippen LogP contribution in [0.2, 0.25) is 0 Å². The number of methoxy groups -OCH3 is 1. The van der Waals surface area contributed by atoms with Gasteiger partial charge in [0.15, 0.2) is 0 Å². The first-order valence-corrected chi connectivity index (χ1v) is 9.31. The van der Waals surface area contributed by atoms with Gasteiger partial charge in [-0.15, -0.1) is 11.3 Å². The second-order valence-electron chi connectivity index (χ2n) is 6.11. The van der Waals surface area contributed by atoms with Gasteiger partial charge in [0.05, 0.1) is 13.5 Å². The van der Waals surface area contributed by atoms with Crippen LogP contribution in [0, 0.1) is 11.6 Å². The predicted molar refractivity (Wildman–Crippen MR) is 99.6 cm³/mol. The van der Waals surface area contributed by atoms with E-state index >= 15 is 0 Å². The van der Waals surface area contributed by atoms with E-state index in [-0.39, 0.29) is 18.4 Å². The van der Waals surface area contributed by atoms with Crippen molar-refractivity contribution in [1.82, 2.24) is 10.6 Å². The maximum atomic E-state index is 13.2. The standard InChI is InChI=1S/C19H20F2N2O4S/c1-11(22-17(24)8-12-6-13(20)9-14(21)7-12)18(25)23-16(19(26)27-2)10-15-4-3-5-28-15/h3-7,9,11,16H,8,10H2,1-2H3,(H,22,24)(H,23,25)/t11-,16-/m0/s1. The number of ether oxygens (including phenoxy) is 1. The van der Waals surface area contributed by atoms with Gasteiger partial charge in [0.1, 0.15) is 23.7 Å². The van der Waals surface area contributed by atoms with Crippen LogP contribution in [0.3, 0.4) is 0 Å². The van der Waals surface area contributed by atoms with Crippen molar-refractivity contribution in [2.75, 3.05) is 7.11 Å². The molecule has 0 aliphatic heterocycles. The van der Waals surface area contributed by atoms with Crippen LogP contribution in [0.15, 0.2) is 35.7 Å². The zero-order valence-electron chi connectivity index (χ0n) is 15.3. The van der Waals surface area contributed by atoms with Crippen LogP contribution in [0.4, 0.5) is 8.78 Å². The lowest BCUT2D eigenvalue weighted by atomic mass is 10.1. The van der Waals surface area contributed by atoms with Gasteiger partial charge in [-0.05, 0) is 36.1 Å². The maximum Gasteiger partial charge on any atom is 0.328 e. The molecule has 0 unspecified atom stereocenters. The molecule has 0 radical (unpaired) electrons. The Labute approximate surface area is 164 Å². The first kappa shape index (κ1) is 21.5. The fourth-order valence-electron chi connectivity index (χ4n) is 2.52. The molecular formula is C19H20F2N2O4S. The summed E-state index contributed by atoms with van der Waals surface area (Å²) in [4.78, 5) is 37.2. The summed E-state index contributed by atoms with van der Waals surface area (Å²) in [5.74, 6) is -3.34. The minimum absolute atomic E-state index is 0.146. The summed E-state index contributed by atoms with van der Waals surface area (Å²) in [6.07, 6.45) is -0.0265. The monoisotopic (exact) mass is 410 g/mol. The molecule has 150 valence electrons. The smallest absolute Gasteiger partial charge is 0.328 e. The molecule has 0 aliphatic carbocycles. The van der Waals surface area contributed by atoms with Gasteiger partial charge in [-0.25, -0.2) is 13.6 Å². The Bertz CT molecular complexity index is 822. The summed E-state index contributed by atoms with van der Waals surface area (Å²) in [5.41, 5.74) is 0.146. The number of thiophene rings is 1. The highest BCUT2D eigenvalue weighted by molar-refractivity contribution is 7.09. The van der Waals surface area contributed by atoms with Crippen LogP contribution < -0.4 is 10.6 Å². The summed E-state index contributed by atoms with van der Waals surface area (Å²) >= 11 is 1.44. The van der Waals surface area contributed by atoms with Gasteiger partial charge in [0.2, 0.25) is 11.8 Å². The summed E-state index contributed by atoms with van der Waals surface area (Å²) < 4.78 is 31.1. The van der Waals surface area contributed by atoms with Crippen LogP contribution in [0.1, 0.15) is 17.4 Å². The third-order valence-electron chi connectivity index (χ3n) is 3.85. The number of halogens is 2. The van der Waals surface area contributed by atoms with Gasteiger partial charge in [-0.3, -0.25) is 9.59 Å². The average molecular weight is 410 g/mol. The molecule has 0 fully saturated rings. The molecule has 9 heteroatoms. The number of hydrogen-bond acceptors (Lipinski definition) is 5. The summed E-state index contributed by atoms with van der Waals surface area (Å²) in [7, 11) is 1.22. The number of carbonyl (C=O) groups is 3. The van der Waals surface area contributed by atoms with Crippen LogP contribution >= 0.6 is 11.3 Å². The van der Waals surface area contributed by atoms with E-state index in [9.17, 15) is 23.2 Å². The first-order chi connectivity index (χ1) is 13.3. The minimum Gasteiger partial charge on any atom is -0.467 e. The van der Waals surface area contributed by atoms with E-state index in [0.29, 0.717) is 6.07 Å². The normalized spacial score (nSPS) is 12.7. The highest BCUT2D eigenvalue weighted by Crippen LogP contribution is 2.12. The number of benzene rings is 1. The predicted octanol–water partition coefficient (Wildman–Crippen LogP) is 1.97. The molecule has 2 rings (SSSR count). The molecule has 28 heavy (non-hydrogen) atoms. The van der Waals surface area contributed by atoms with Crippen LogP contribution in [0.25, 0.3) is 0 Å². The number of nitrogens with one attached hydrogen (secondary N) is 2. The van der Waals surface area contributed by atoms with Gasteiger partial charge >= 0.3 is 5.97 Å². The molecule has 0 saturated heterocycles. The van der Waals surface area contributed by atoms with E-state index in [0.717, 1.165) is 17.0 Å². The van der Waals surface area contributed by atoms with E-state index in [4.69, 9.17) is 4.74 Å². The molecule has 2 N–H and O–H groups in total. The Balaban J connectivity index is 1.93. The van der Waals surface area contributed by atoms with Crippen LogP contribution in [0.5, 0.6) is 0 Å². The highest BCUT2D eigenvalue weighted by atomic mass is 32.1. The Morgan fingerprint density at radius 3 is 2.39 bits per heavy atom. The van der Waals surface area contributed by atoms with E-state index in [1.807, 2.05) is 17.5 Å². The van der Waals surface area contributed by atoms with Crippen molar-refractivity contribution in [3.63, 3.8) is 0 Å². The fraction of sp³-hybridized carbons (Fsp3) is 0.316. The third-order valence-corrected chi connectivity index (χ3v) is 4.74. The molecule has 1 heterocycles. The lowest BCUT2D eigenvalue weighted by Crippen LogP contribution is -2.51. The number of carbonyl (C=O) groups excluding carboxylic acids is 3. The molecule has 0 bridgehead atoms. The van der Waals surface area contributed by atoms with Crippen molar-refractivity contribution >= 4 is 29.1 Å². The van der Waals surface area contributed by atoms with E-state index < -0.39 is 41.5 Å². The van der Waals surface area contributed by atoms with Crippen LogP contribution in [-0.4, -0.2) is 37.0 Å². The second-order valence-corrected chi connectivity index (χ2v) is 7.14. The zero-order chi connectivity index (χ0) is 20.7. The van der Waals surface area contributed by atoms with E-state index in [2.05, 4.69) is 10.6 Å². The molecule has 2 amide bonds. The zero-order valence-corrected chi connectivity index (χ0v) is 16.1. The number of rotatable bonds is 8. The van der Waals surface area contributed by atoms with Gasteiger partial charge in [-0.1, -0.05) is 6.07 Å². The van der Waals surface area contributed by atoms with Crippen molar-refractivity contribution in [3.8, 4) is 0 Å². The summed E-state index contributed by atoms with van der Waals surface area (Å²) in [6.45, 7) is 1.44. The molecule has 0 spiro atoms. The van der Waals surface area contributed by atoms with Gasteiger partial charge in [0.25, 0.3) is 0 Å². The van der Waals surface area contributed by atoms with Crippen molar-refractivity contribution in [1.29, 1.82) is 0 Å². The van der Waals surface area contributed by atoms with Gasteiger partial charge in [0, 0.05) is 17.4 Å². The highest BCUT2D eigenvalue weighted by Gasteiger charge is 2.25. The SMILES string of the molecule is COC(=O)[C@H](Cc1cccs1)NC(=O)[C@H](C)NC(=O)Cc1cc(F)cc(F)c1. The number of amides is 2. The Hall–Kier alpha value is -2.81. The fourth-order valence-corrected chi connectivity index (χ4v) is 3.27. The van der Waals surface area contributed by atoms with Gasteiger partial charge < -0.3 is 15.4 Å². The Kier molecular flexibility index (Phi) is 7.62. The van der Waals surface area contributed by atoms with E-state index in [1.54, 1.807) is 0 Å². The van der Waals surface area contributed by atoms with E-state index in [1.165, 1.54) is 25.4 Å². The van der Waals surface area contributed by atoms with Crippen molar-refractivity contribution in [3.05, 3.63) is 57.8 Å². The summed E-state index contributed by atoms with van der Waals surface area (Å²) in [6, 6.07) is 4.60. The van der Waals surface area contributed by atoms with Crippen molar-refractivity contribution < 1.29 is 27.9 Å². The Morgan fingerprint density at radius 1 is 1.14 bits per heavy atom. The molecule has 1 aromatic heterocycles. The van der Waals surface area contributed by atoms with Gasteiger partial charge in [-0.2, -0.15) is 0 Å². The number of hydrogen-bond donors (Lipinski definition) is 2. The third kappa shape index (κ3) is 6.41. The quantitative estimate of drug-likeness (QED) is 0.652. The topological polar surface area (TPSA) is 84.5 Å². The second kappa shape index (κ2) is 9.93. The van der Waals surface area contributed by atoms with Crippen LogP contribution in [-0.2, 0) is 32.0 Å². The van der Waals surface area contributed by atoms with Crippen molar-refractivity contribution in [2.24, 2.45) is 0 Å². The molecule has 1 aromatic carbocycles. The van der Waals surface area contributed by atoms with Crippen molar-refractivity contribution in [2.45, 2.75) is 31.8 Å². The average Bonchev–Trinajstić information content (AvgIpc) is 3.12. The molecule has 6 nitrogen and oxygen atoms in total. The Morgan fingerprint density at radius 2 is 1.82 bits per heavy atom. The molecular weight excluding hydrogens is 390 g/mol. The molecule has 2 atom stereocenters. The lowest BCUT2D eigenvalue weighted by molar-refractivity contribution is -0.145. The first-order valence-electron chi connectivity index (χ1n) is 8.43. The summed E-state index contributed by atoms with van der Waals surface area (Å²) in [5, 5.41) is 6.85. The molecule has 0 aliphatic rings. The molecule has 2 aromatic rings. The number of esters is 1.